The Morgan fingerprint density at radius 1 is 1.35 bits per heavy atom. The summed E-state index contributed by atoms with van der Waals surface area (Å²) in [6.07, 6.45) is 10.3. The van der Waals surface area contributed by atoms with Gasteiger partial charge in [-0.1, -0.05) is 18.2 Å². The van der Waals surface area contributed by atoms with E-state index >= 15 is 0 Å². The Balaban J connectivity index is 1.96. The lowest BCUT2D eigenvalue weighted by atomic mass is 10.1. The van der Waals surface area contributed by atoms with E-state index in [4.69, 9.17) is 4.74 Å². The summed E-state index contributed by atoms with van der Waals surface area (Å²) in [6.45, 7) is 6.07. The summed E-state index contributed by atoms with van der Waals surface area (Å²) in [6, 6.07) is 3.83. The minimum absolute atomic E-state index is 0.0794. The Hall–Kier alpha value is -2.96. The Kier molecular flexibility index (Phi) is 4.88. The molecule has 0 aliphatic heterocycles. The van der Waals surface area contributed by atoms with Crippen molar-refractivity contribution in [1.29, 1.82) is 0 Å². The van der Waals surface area contributed by atoms with Crippen molar-refractivity contribution in [3.8, 4) is 17.4 Å². The second-order valence-corrected chi connectivity index (χ2v) is 7.01. The van der Waals surface area contributed by atoms with Crippen molar-refractivity contribution in [1.82, 2.24) is 25.1 Å². The number of amides is 1. The zero-order valence-electron chi connectivity index (χ0n) is 15.4. The van der Waals surface area contributed by atoms with Crippen molar-refractivity contribution in [2.45, 2.75) is 38.8 Å². The molecule has 0 fully saturated rings. The molecule has 0 saturated heterocycles. The van der Waals surface area contributed by atoms with Gasteiger partial charge in [-0.15, -0.1) is 0 Å². The number of nitrogens with zero attached hydrogens (tertiary/aromatic N) is 4. The van der Waals surface area contributed by atoms with Gasteiger partial charge < -0.3 is 10.1 Å². The normalized spacial score (nSPS) is 16.5. The Bertz CT molecular complexity index is 861. The lowest BCUT2D eigenvalue weighted by Crippen LogP contribution is -2.25. The van der Waals surface area contributed by atoms with Gasteiger partial charge in [0.1, 0.15) is 6.10 Å². The first-order chi connectivity index (χ1) is 12.4. The van der Waals surface area contributed by atoms with Crippen LogP contribution in [0.2, 0.25) is 0 Å². The van der Waals surface area contributed by atoms with E-state index in [0.717, 1.165) is 12.1 Å². The highest BCUT2D eigenvalue weighted by atomic mass is 16.5. The number of nitrogens with one attached hydrogen (secondary N) is 1. The van der Waals surface area contributed by atoms with E-state index in [1.807, 2.05) is 45.1 Å². The largest absolute Gasteiger partial charge is 0.456 e. The quantitative estimate of drug-likeness (QED) is 0.914. The van der Waals surface area contributed by atoms with Crippen molar-refractivity contribution < 1.29 is 9.53 Å². The Morgan fingerprint density at radius 3 is 2.81 bits per heavy atom. The number of aromatic nitrogens is 4. The molecule has 1 amide bonds. The van der Waals surface area contributed by atoms with Crippen LogP contribution in [0.3, 0.4) is 0 Å². The van der Waals surface area contributed by atoms with Crippen LogP contribution in [0.4, 0.5) is 0 Å². The molecule has 0 radical (unpaired) electrons. The molecule has 1 aliphatic carbocycles. The third kappa shape index (κ3) is 3.82. The molecule has 7 nitrogen and oxygen atoms in total. The molecule has 2 aromatic rings. The maximum absolute atomic E-state index is 12.0. The SMILES string of the molecule is CNC(=O)c1cc(-c2ccnc(OC3C=CC=CC3)n2)n(C(C)(C)C)n1. The molecule has 0 bridgehead atoms. The molecule has 1 unspecified atom stereocenters. The van der Waals surface area contributed by atoms with Gasteiger partial charge in [-0.25, -0.2) is 4.98 Å². The molecular weight excluding hydrogens is 330 g/mol. The summed E-state index contributed by atoms with van der Waals surface area (Å²) in [5.74, 6) is -0.237. The first kappa shape index (κ1) is 17.8. The van der Waals surface area contributed by atoms with E-state index in [-0.39, 0.29) is 17.6 Å². The molecule has 0 aromatic carbocycles. The lowest BCUT2D eigenvalue weighted by Gasteiger charge is -2.22. The average Bonchev–Trinajstić information content (AvgIpc) is 3.08. The fourth-order valence-corrected chi connectivity index (χ4v) is 2.63. The monoisotopic (exact) mass is 353 g/mol. The van der Waals surface area contributed by atoms with Gasteiger partial charge in [0, 0.05) is 19.7 Å². The number of carbonyl (C=O) groups is 1. The van der Waals surface area contributed by atoms with E-state index in [2.05, 4.69) is 20.4 Å². The van der Waals surface area contributed by atoms with E-state index in [1.54, 1.807) is 30.1 Å². The van der Waals surface area contributed by atoms with Crippen LogP contribution in [0.5, 0.6) is 6.01 Å². The van der Waals surface area contributed by atoms with Gasteiger partial charge in [-0.2, -0.15) is 10.1 Å². The van der Waals surface area contributed by atoms with Crippen LogP contribution in [0.1, 0.15) is 37.7 Å². The highest BCUT2D eigenvalue weighted by molar-refractivity contribution is 5.93. The van der Waals surface area contributed by atoms with Gasteiger partial charge in [-0.05, 0) is 39.0 Å². The fourth-order valence-electron chi connectivity index (χ4n) is 2.63. The van der Waals surface area contributed by atoms with Gasteiger partial charge in [0.2, 0.25) is 0 Å². The molecule has 1 atom stereocenters. The van der Waals surface area contributed by atoms with Crippen LogP contribution in [0, 0.1) is 0 Å². The summed E-state index contributed by atoms with van der Waals surface area (Å²) < 4.78 is 7.65. The number of hydrogen-bond acceptors (Lipinski definition) is 5. The predicted molar refractivity (Wildman–Crippen MR) is 99.0 cm³/mol. The molecule has 1 aliphatic rings. The van der Waals surface area contributed by atoms with Crippen molar-refractivity contribution in [3.05, 3.63) is 48.3 Å². The topological polar surface area (TPSA) is 81.9 Å². The molecule has 2 heterocycles. The van der Waals surface area contributed by atoms with E-state index in [9.17, 15) is 4.79 Å². The summed E-state index contributed by atoms with van der Waals surface area (Å²) in [7, 11) is 1.58. The molecule has 0 spiro atoms. The van der Waals surface area contributed by atoms with Gasteiger partial charge in [-0.3, -0.25) is 9.48 Å². The minimum atomic E-state index is -0.315. The smallest absolute Gasteiger partial charge is 0.317 e. The first-order valence-corrected chi connectivity index (χ1v) is 8.54. The van der Waals surface area contributed by atoms with Gasteiger partial charge >= 0.3 is 6.01 Å². The molecule has 2 aromatic heterocycles. The predicted octanol–water partition coefficient (Wildman–Crippen LogP) is 2.72. The molecule has 3 rings (SSSR count). The molecule has 26 heavy (non-hydrogen) atoms. The van der Waals surface area contributed by atoms with Crippen molar-refractivity contribution >= 4 is 5.91 Å². The third-order valence-electron chi connectivity index (χ3n) is 3.90. The highest BCUT2D eigenvalue weighted by Gasteiger charge is 2.24. The maximum Gasteiger partial charge on any atom is 0.317 e. The van der Waals surface area contributed by atoms with Crippen molar-refractivity contribution in [3.63, 3.8) is 0 Å². The Labute approximate surface area is 152 Å². The Morgan fingerprint density at radius 2 is 2.15 bits per heavy atom. The van der Waals surface area contributed by atoms with Gasteiger partial charge in [0.05, 0.1) is 16.9 Å². The number of hydrogen-bond donors (Lipinski definition) is 1. The molecule has 0 saturated carbocycles. The number of carbonyl (C=O) groups excluding carboxylic acids is 1. The molecular formula is C19H23N5O2. The lowest BCUT2D eigenvalue weighted by molar-refractivity contribution is 0.0956. The van der Waals surface area contributed by atoms with Crippen LogP contribution in [0.25, 0.3) is 11.4 Å². The summed E-state index contributed by atoms with van der Waals surface area (Å²) >= 11 is 0. The standard InChI is InChI=1S/C19H23N5O2/c1-19(2,3)24-16(12-15(23-24)17(25)20-4)14-10-11-21-18(22-14)26-13-8-6-5-7-9-13/h5-8,10-13H,9H2,1-4H3,(H,20,25). The number of allylic oxidation sites excluding steroid dienone is 2. The summed E-state index contributed by atoms with van der Waals surface area (Å²) in [5.41, 5.74) is 1.42. The molecule has 136 valence electrons. The molecule has 7 heteroatoms. The van der Waals surface area contributed by atoms with E-state index in [0.29, 0.717) is 17.4 Å². The zero-order valence-corrected chi connectivity index (χ0v) is 15.4. The number of rotatable bonds is 4. The van der Waals surface area contributed by atoms with Crippen LogP contribution >= 0.6 is 0 Å². The second-order valence-electron chi connectivity index (χ2n) is 7.01. The fraction of sp³-hybridized carbons (Fsp3) is 0.368. The third-order valence-corrected chi connectivity index (χ3v) is 3.90. The van der Waals surface area contributed by atoms with Crippen LogP contribution < -0.4 is 10.1 Å². The number of ether oxygens (including phenoxy) is 1. The van der Waals surface area contributed by atoms with E-state index in [1.165, 1.54) is 0 Å². The van der Waals surface area contributed by atoms with Crippen molar-refractivity contribution in [2.24, 2.45) is 0 Å². The minimum Gasteiger partial charge on any atom is -0.456 e. The van der Waals surface area contributed by atoms with Gasteiger partial charge in [0.25, 0.3) is 5.91 Å². The van der Waals surface area contributed by atoms with Crippen LogP contribution in [0.15, 0.2) is 42.6 Å². The summed E-state index contributed by atoms with van der Waals surface area (Å²) in [5, 5.41) is 7.06. The van der Waals surface area contributed by atoms with E-state index < -0.39 is 0 Å². The van der Waals surface area contributed by atoms with Gasteiger partial charge in [0.15, 0.2) is 5.69 Å². The van der Waals surface area contributed by atoms with Crippen LogP contribution in [-0.2, 0) is 5.54 Å². The highest BCUT2D eigenvalue weighted by Crippen LogP contribution is 2.26. The second kappa shape index (κ2) is 7.11. The molecule has 1 N–H and O–H groups in total. The summed E-state index contributed by atoms with van der Waals surface area (Å²) in [4.78, 5) is 20.7. The zero-order chi connectivity index (χ0) is 18.7. The van der Waals surface area contributed by atoms with Crippen molar-refractivity contribution in [2.75, 3.05) is 7.05 Å². The maximum atomic E-state index is 12.0. The average molecular weight is 353 g/mol. The van der Waals surface area contributed by atoms with Crippen LogP contribution in [-0.4, -0.2) is 38.8 Å². The first-order valence-electron chi connectivity index (χ1n) is 8.54.